The molecule has 0 radical (unpaired) electrons. The van der Waals surface area contributed by atoms with Gasteiger partial charge in [0.2, 0.25) is 0 Å². The number of carboxylic acid groups (broad SMARTS) is 1. The van der Waals surface area contributed by atoms with Crippen molar-refractivity contribution in [3.63, 3.8) is 0 Å². The first kappa shape index (κ1) is 13.5. The number of carbonyl (C=O) groups excluding carboxylic acids is 1. The smallest absolute Gasteiger partial charge is 0.414 e. The lowest BCUT2D eigenvalue weighted by molar-refractivity contribution is -0.148. The number of carboxylic acids is 1. The summed E-state index contributed by atoms with van der Waals surface area (Å²) in [4.78, 5) is 24.2. The summed E-state index contributed by atoms with van der Waals surface area (Å²) < 4.78 is 5.19. The Morgan fingerprint density at radius 2 is 2.00 bits per heavy atom. The molecular weight excluding hydrogens is 222 g/mol. The van der Waals surface area contributed by atoms with E-state index in [0.29, 0.717) is 6.42 Å². The van der Waals surface area contributed by atoms with Crippen molar-refractivity contribution in [2.24, 2.45) is 5.41 Å². The van der Waals surface area contributed by atoms with Gasteiger partial charge in [0.25, 0.3) is 0 Å². The van der Waals surface area contributed by atoms with Crippen LogP contribution in [0.5, 0.6) is 0 Å². The first-order valence-corrected chi connectivity index (χ1v) is 5.54. The summed E-state index contributed by atoms with van der Waals surface area (Å²) in [5.41, 5.74) is -1.52. The number of allylic oxidation sites excluding steroid dienone is 1. The van der Waals surface area contributed by atoms with Crippen LogP contribution in [0.2, 0.25) is 0 Å². The molecule has 1 atom stereocenters. The molecule has 1 rings (SSSR count). The molecule has 0 bridgehead atoms. The van der Waals surface area contributed by atoms with Crippen LogP contribution >= 0.6 is 0 Å². The highest BCUT2D eigenvalue weighted by molar-refractivity contribution is 5.77. The second kappa shape index (κ2) is 4.39. The van der Waals surface area contributed by atoms with Crippen LogP contribution < -0.4 is 0 Å². The highest BCUT2D eigenvalue weighted by Gasteiger charge is 2.38. The van der Waals surface area contributed by atoms with Crippen LogP contribution in [0.4, 0.5) is 4.79 Å². The molecule has 0 saturated heterocycles. The first-order chi connectivity index (χ1) is 7.64. The average molecular weight is 241 g/mol. The molecule has 1 aliphatic rings. The van der Waals surface area contributed by atoms with Gasteiger partial charge in [-0.15, -0.1) is 0 Å². The van der Waals surface area contributed by atoms with Crippen LogP contribution in [0.3, 0.4) is 0 Å². The van der Waals surface area contributed by atoms with E-state index in [-0.39, 0.29) is 6.54 Å². The van der Waals surface area contributed by atoms with Crippen molar-refractivity contribution in [1.29, 1.82) is 0 Å². The second-order valence-corrected chi connectivity index (χ2v) is 5.56. The molecule has 1 heterocycles. The van der Waals surface area contributed by atoms with Crippen molar-refractivity contribution < 1.29 is 19.4 Å². The lowest BCUT2D eigenvalue weighted by Crippen LogP contribution is -2.45. The minimum absolute atomic E-state index is 0.133. The van der Waals surface area contributed by atoms with E-state index in [1.54, 1.807) is 40.0 Å². The van der Waals surface area contributed by atoms with E-state index >= 15 is 0 Å². The molecule has 0 aromatic carbocycles. The van der Waals surface area contributed by atoms with E-state index in [1.807, 2.05) is 0 Å². The Bertz CT molecular complexity index is 356. The van der Waals surface area contributed by atoms with Gasteiger partial charge in [-0.2, -0.15) is 0 Å². The number of hydrogen-bond acceptors (Lipinski definition) is 3. The predicted molar refractivity (Wildman–Crippen MR) is 62.4 cm³/mol. The van der Waals surface area contributed by atoms with E-state index in [0.717, 1.165) is 0 Å². The monoisotopic (exact) mass is 241 g/mol. The zero-order valence-electron chi connectivity index (χ0n) is 10.7. The summed E-state index contributed by atoms with van der Waals surface area (Å²) in [6, 6.07) is 0. The third-order valence-electron chi connectivity index (χ3n) is 2.52. The molecule has 0 saturated carbocycles. The largest absolute Gasteiger partial charge is 0.481 e. The van der Waals surface area contributed by atoms with Gasteiger partial charge < -0.3 is 9.84 Å². The maximum Gasteiger partial charge on any atom is 0.414 e. The van der Waals surface area contributed by atoms with Gasteiger partial charge in [0.1, 0.15) is 5.60 Å². The zero-order chi connectivity index (χ0) is 13.3. The molecular formula is C12H19NO4. The molecule has 5 nitrogen and oxygen atoms in total. The normalized spacial score (nSPS) is 24.6. The Morgan fingerprint density at radius 3 is 2.47 bits per heavy atom. The van der Waals surface area contributed by atoms with Crippen LogP contribution in [0.25, 0.3) is 0 Å². The number of carbonyl (C=O) groups is 2. The number of nitrogens with zero attached hydrogens (tertiary/aromatic N) is 1. The summed E-state index contributed by atoms with van der Waals surface area (Å²) in [6.45, 7) is 7.07. The molecule has 0 unspecified atom stereocenters. The fourth-order valence-corrected chi connectivity index (χ4v) is 1.53. The number of ether oxygens (including phenoxy) is 1. The molecule has 1 N–H and O–H groups in total. The molecule has 0 aliphatic carbocycles. The van der Waals surface area contributed by atoms with Gasteiger partial charge >= 0.3 is 12.1 Å². The minimum atomic E-state index is -0.939. The van der Waals surface area contributed by atoms with Gasteiger partial charge in [-0.05, 0) is 34.1 Å². The van der Waals surface area contributed by atoms with Crippen molar-refractivity contribution in [2.75, 3.05) is 6.54 Å². The van der Waals surface area contributed by atoms with Crippen LogP contribution in [-0.4, -0.2) is 34.2 Å². The standard InChI is InChI=1S/C12H19NO4/c1-11(2,3)17-10(16)13-7-5-6-12(4,8-13)9(14)15/h5,7H,6,8H2,1-4H3,(H,14,15)/t12-/m0/s1. The zero-order valence-corrected chi connectivity index (χ0v) is 10.7. The topological polar surface area (TPSA) is 66.8 Å². The van der Waals surface area contributed by atoms with E-state index in [9.17, 15) is 9.59 Å². The third-order valence-corrected chi connectivity index (χ3v) is 2.52. The number of rotatable bonds is 1. The van der Waals surface area contributed by atoms with E-state index < -0.39 is 23.1 Å². The van der Waals surface area contributed by atoms with Crippen molar-refractivity contribution in [2.45, 2.75) is 39.7 Å². The summed E-state index contributed by atoms with van der Waals surface area (Å²) >= 11 is 0. The minimum Gasteiger partial charge on any atom is -0.481 e. The Labute approximate surface area is 101 Å². The van der Waals surface area contributed by atoms with Crippen molar-refractivity contribution >= 4 is 12.1 Å². The predicted octanol–water partition coefficient (Wildman–Crippen LogP) is 2.23. The molecule has 5 heteroatoms. The van der Waals surface area contributed by atoms with E-state index in [2.05, 4.69) is 0 Å². The van der Waals surface area contributed by atoms with Crippen LogP contribution in [0.15, 0.2) is 12.3 Å². The van der Waals surface area contributed by atoms with Crippen molar-refractivity contribution in [1.82, 2.24) is 4.90 Å². The fourth-order valence-electron chi connectivity index (χ4n) is 1.53. The third kappa shape index (κ3) is 3.47. The van der Waals surface area contributed by atoms with Gasteiger partial charge in [0.05, 0.1) is 5.41 Å². The number of hydrogen-bond donors (Lipinski definition) is 1. The van der Waals surface area contributed by atoms with Gasteiger partial charge in [0.15, 0.2) is 0 Å². The highest BCUT2D eigenvalue weighted by Crippen LogP contribution is 2.28. The molecule has 96 valence electrons. The van der Waals surface area contributed by atoms with Crippen LogP contribution in [0, 0.1) is 5.41 Å². The lowest BCUT2D eigenvalue weighted by Gasteiger charge is -2.34. The van der Waals surface area contributed by atoms with E-state index in [4.69, 9.17) is 9.84 Å². The summed E-state index contributed by atoms with van der Waals surface area (Å²) in [5, 5.41) is 9.12. The Balaban J connectivity index is 2.75. The first-order valence-electron chi connectivity index (χ1n) is 5.54. The second-order valence-electron chi connectivity index (χ2n) is 5.56. The summed E-state index contributed by atoms with van der Waals surface area (Å²) in [5.74, 6) is -0.907. The van der Waals surface area contributed by atoms with Gasteiger partial charge in [-0.25, -0.2) is 4.79 Å². The van der Waals surface area contributed by atoms with Crippen molar-refractivity contribution in [3.8, 4) is 0 Å². The molecule has 0 spiro atoms. The van der Waals surface area contributed by atoms with Crippen LogP contribution in [0.1, 0.15) is 34.1 Å². The lowest BCUT2D eigenvalue weighted by atomic mass is 9.84. The molecule has 1 aliphatic heterocycles. The maximum absolute atomic E-state index is 11.8. The fraction of sp³-hybridized carbons (Fsp3) is 0.667. The van der Waals surface area contributed by atoms with Gasteiger partial charge in [0, 0.05) is 12.7 Å². The molecule has 17 heavy (non-hydrogen) atoms. The van der Waals surface area contributed by atoms with Crippen molar-refractivity contribution in [3.05, 3.63) is 12.3 Å². The van der Waals surface area contributed by atoms with Crippen LogP contribution in [-0.2, 0) is 9.53 Å². The maximum atomic E-state index is 11.8. The Hall–Kier alpha value is -1.52. The van der Waals surface area contributed by atoms with Gasteiger partial charge in [-0.1, -0.05) is 6.08 Å². The molecule has 0 aromatic rings. The Morgan fingerprint density at radius 1 is 1.41 bits per heavy atom. The SMILES string of the molecule is CC(C)(C)OC(=O)N1C=CC[C@](C)(C(=O)O)C1. The average Bonchev–Trinajstić information content (AvgIpc) is 2.15. The highest BCUT2D eigenvalue weighted by atomic mass is 16.6. The number of amides is 1. The Kier molecular flexibility index (Phi) is 3.50. The quantitative estimate of drug-likeness (QED) is 0.764. The molecule has 1 amide bonds. The van der Waals surface area contributed by atoms with Gasteiger partial charge in [-0.3, -0.25) is 9.69 Å². The number of aliphatic carboxylic acids is 1. The summed E-state index contributed by atoms with van der Waals surface area (Å²) in [7, 11) is 0. The molecule has 0 fully saturated rings. The summed E-state index contributed by atoms with van der Waals surface area (Å²) in [6.07, 6.45) is 3.17. The molecule has 0 aromatic heterocycles. The van der Waals surface area contributed by atoms with E-state index in [1.165, 1.54) is 4.90 Å².